The van der Waals surface area contributed by atoms with Gasteiger partial charge in [0.25, 0.3) is 0 Å². The van der Waals surface area contributed by atoms with E-state index >= 15 is 0 Å². The van der Waals surface area contributed by atoms with Gasteiger partial charge in [-0.1, -0.05) is 0 Å². The van der Waals surface area contributed by atoms with Crippen LogP contribution in [0.4, 0.5) is 0 Å². The van der Waals surface area contributed by atoms with Gasteiger partial charge in [0.2, 0.25) is 0 Å². The molecule has 0 aliphatic heterocycles. The Balaban J connectivity index is 2.24. The van der Waals surface area contributed by atoms with Crippen LogP contribution in [0.3, 0.4) is 0 Å². The fourth-order valence-electron chi connectivity index (χ4n) is 1.70. The van der Waals surface area contributed by atoms with Crippen molar-refractivity contribution in [3.05, 3.63) is 29.7 Å². The summed E-state index contributed by atoms with van der Waals surface area (Å²) in [6.07, 6.45) is 0.935. The van der Waals surface area contributed by atoms with Crippen molar-refractivity contribution in [1.29, 1.82) is 0 Å². The van der Waals surface area contributed by atoms with Crippen molar-refractivity contribution >= 4 is 0 Å². The summed E-state index contributed by atoms with van der Waals surface area (Å²) in [5, 5.41) is 7.57. The van der Waals surface area contributed by atoms with Gasteiger partial charge in [0.15, 0.2) is 5.76 Å². The van der Waals surface area contributed by atoms with Crippen LogP contribution in [0.1, 0.15) is 11.5 Å². The highest BCUT2D eigenvalue weighted by Crippen LogP contribution is 2.22. The number of furan rings is 1. The minimum atomic E-state index is 0.878. The molecule has 0 saturated heterocycles. The SMILES string of the molecule is CNCCc1cc(-c2ccc(C)o2)n(C)n1. The van der Waals surface area contributed by atoms with E-state index in [9.17, 15) is 0 Å². The van der Waals surface area contributed by atoms with E-state index in [4.69, 9.17) is 4.42 Å². The van der Waals surface area contributed by atoms with Crippen LogP contribution in [-0.2, 0) is 13.5 Å². The molecule has 0 atom stereocenters. The van der Waals surface area contributed by atoms with Crippen molar-refractivity contribution in [3.63, 3.8) is 0 Å². The summed E-state index contributed by atoms with van der Waals surface area (Å²) in [6, 6.07) is 6.03. The Hall–Kier alpha value is -1.55. The Bertz CT molecular complexity index is 470. The number of nitrogens with zero attached hydrogens (tertiary/aromatic N) is 2. The molecule has 0 aliphatic rings. The van der Waals surface area contributed by atoms with Crippen molar-refractivity contribution in [2.45, 2.75) is 13.3 Å². The first-order valence-corrected chi connectivity index (χ1v) is 5.45. The van der Waals surface area contributed by atoms with Gasteiger partial charge in [-0.15, -0.1) is 0 Å². The lowest BCUT2D eigenvalue weighted by atomic mass is 10.2. The van der Waals surface area contributed by atoms with E-state index in [1.807, 2.05) is 37.8 Å². The highest BCUT2D eigenvalue weighted by atomic mass is 16.3. The molecular formula is C12H17N3O. The molecule has 2 heterocycles. The molecule has 2 aromatic rings. The molecule has 0 fully saturated rings. The molecule has 0 amide bonds. The van der Waals surface area contributed by atoms with Crippen LogP contribution in [0.15, 0.2) is 22.6 Å². The van der Waals surface area contributed by atoms with E-state index in [1.165, 1.54) is 0 Å². The van der Waals surface area contributed by atoms with Crippen molar-refractivity contribution in [2.24, 2.45) is 7.05 Å². The second-order valence-corrected chi connectivity index (χ2v) is 3.91. The second kappa shape index (κ2) is 4.53. The monoisotopic (exact) mass is 219 g/mol. The molecule has 0 aromatic carbocycles. The molecule has 2 aromatic heterocycles. The van der Waals surface area contributed by atoms with Crippen LogP contribution >= 0.6 is 0 Å². The first kappa shape index (κ1) is 11.0. The lowest BCUT2D eigenvalue weighted by Gasteiger charge is -1.95. The van der Waals surface area contributed by atoms with Crippen molar-refractivity contribution < 1.29 is 4.42 Å². The van der Waals surface area contributed by atoms with Gasteiger partial charge in [-0.05, 0) is 32.2 Å². The average Bonchev–Trinajstić information content (AvgIpc) is 2.82. The quantitative estimate of drug-likeness (QED) is 0.852. The summed E-state index contributed by atoms with van der Waals surface area (Å²) >= 11 is 0. The summed E-state index contributed by atoms with van der Waals surface area (Å²) in [6.45, 7) is 2.88. The molecule has 0 unspecified atom stereocenters. The number of likely N-dealkylation sites (N-methyl/N-ethyl adjacent to an activating group) is 1. The molecule has 0 radical (unpaired) electrons. The van der Waals surface area contributed by atoms with E-state index in [1.54, 1.807) is 0 Å². The van der Waals surface area contributed by atoms with Crippen LogP contribution < -0.4 is 5.32 Å². The Labute approximate surface area is 95.3 Å². The molecule has 16 heavy (non-hydrogen) atoms. The lowest BCUT2D eigenvalue weighted by Crippen LogP contribution is -2.10. The minimum absolute atomic E-state index is 0.878. The second-order valence-electron chi connectivity index (χ2n) is 3.91. The van der Waals surface area contributed by atoms with Gasteiger partial charge < -0.3 is 9.73 Å². The van der Waals surface area contributed by atoms with E-state index in [-0.39, 0.29) is 0 Å². The van der Waals surface area contributed by atoms with E-state index in [0.29, 0.717) is 0 Å². The molecule has 1 N–H and O–H groups in total. The van der Waals surface area contributed by atoms with Gasteiger partial charge in [0.1, 0.15) is 11.5 Å². The molecular weight excluding hydrogens is 202 g/mol. The average molecular weight is 219 g/mol. The normalized spacial score (nSPS) is 10.9. The van der Waals surface area contributed by atoms with Crippen LogP contribution in [0.2, 0.25) is 0 Å². The van der Waals surface area contributed by atoms with Crippen LogP contribution in [0.5, 0.6) is 0 Å². The van der Waals surface area contributed by atoms with E-state index in [2.05, 4.69) is 16.5 Å². The van der Waals surface area contributed by atoms with Crippen molar-refractivity contribution in [3.8, 4) is 11.5 Å². The highest BCUT2D eigenvalue weighted by Gasteiger charge is 2.09. The topological polar surface area (TPSA) is 43.0 Å². The van der Waals surface area contributed by atoms with Crippen molar-refractivity contribution in [2.75, 3.05) is 13.6 Å². The summed E-state index contributed by atoms with van der Waals surface area (Å²) in [7, 11) is 3.88. The third kappa shape index (κ3) is 2.17. The van der Waals surface area contributed by atoms with E-state index in [0.717, 1.165) is 35.9 Å². The largest absolute Gasteiger partial charge is 0.460 e. The standard InChI is InChI=1S/C12H17N3O/c1-9-4-5-12(16-9)11-8-10(6-7-13-2)14-15(11)3/h4-5,8,13H,6-7H2,1-3H3. The third-order valence-electron chi connectivity index (χ3n) is 2.55. The Kier molecular flexibility index (Phi) is 3.10. The zero-order valence-corrected chi connectivity index (χ0v) is 9.95. The molecule has 0 saturated carbocycles. The Morgan fingerprint density at radius 2 is 2.25 bits per heavy atom. The minimum Gasteiger partial charge on any atom is -0.460 e. The zero-order valence-electron chi connectivity index (χ0n) is 9.95. The van der Waals surface area contributed by atoms with Gasteiger partial charge in [0, 0.05) is 20.0 Å². The van der Waals surface area contributed by atoms with Gasteiger partial charge >= 0.3 is 0 Å². The predicted octanol–water partition coefficient (Wildman–Crippen LogP) is 1.75. The molecule has 4 nitrogen and oxygen atoms in total. The van der Waals surface area contributed by atoms with Crippen molar-refractivity contribution in [1.82, 2.24) is 15.1 Å². The molecule has 0 aliphatic carbocycles. The summed E-state index contributed by atoms with van der Waals surface area (Å²) in [5.74, 6) is 1.80. The smallest absolute Gasteiger partial charge is 0.152 e. The molecule has 4 heteroatoms. The maximum Gasteiger partial charge on any atom is 0.152 e. The van der Waals surface area contributed by atoms with Crippen LogP contribution in [0, 0.1) is 6.92 Å². The van der Waals surface area contributed by atoms with Gasteiger partial charge in [-0.25, -0.2) is 0 Å². The predicted molar refractivity (Wildman–Crippen MR) is 63.3 cm³/mol. The number of nitrogens with one attached hydrogen (secondary N) is 1. The van der Waals surface area contributed by atoms with Crippen LogP contribution in [0.25, 0.3) is 11.5 Å². The van der Waals surface area contributed by atoms with E-state index < -0.39 is 0 Å². The van der Waals surface area contributed by atoms with Gasteiger partial charge in [-0.2, -0.15) is 5.10 Å². The number of rotatable bonds is 4. The maximum atomic E-state index is 5.59. The summed E-state index contributed by atoms with van der Waals surface area (Å²) in [4.78, 5) is 0. The first-order valence-electron chi connectivity index (χ1n) is 5.45. The molecule has 86 valence electrons. The molecule has 0 spiro atoms. The summed E-state index contributed by atoms with van der Waals surface area (Å²) in [5.41, 5.74) is 2.11. The Morgan fingerprint density at radius 1 is 1.44 bits per heavy atom. The number of aromatic nitrogens is 2. The van der Waals surface area contributed by atoms with Gasteiger partial charge in [-0.3, -0.25) is 4.68 Å². The summed E-state index contributed by atoms with van der Waals surface area (Å²) < 4.78 is 7.46. The first-order chi connectivity index (χ1) is 7.70. The molecule has 0 bridgehead atoms. The fourth-order valence-corrected chi connectivity index (χ4v) is 1.70. The lowest BCUT2D eigenvalue weighted by molar-refractivity contribution is 0.541. The number of aryl methyl sites for hydroxylation is 2. The van der Waals surface area contributed by atoms with Crippen LogP contribution in [-0.4, -0.2) is 23.4 Å². The number of hydrogen-bond donors (Lipinski definition) is 1. The number of hydrogen-bond acceptors (Lipinski definition) is 3. The Morgan fingerprint density at radius 3 is 2.88 bits per heavy atom. The molecule has 2 rings (SSSR count). The third-order valence-corrected chi connectivity index (χ3v) is 2.55. The highest BCUT2D eigenvalue weighted by molar-refractivity contribution is 5.53. The maximum absolute atomic E-state index is 5.59. The zero-order chi connectivity index (χ0) is 11.5. The van der Waals surface area contributed by atoms with Gasteiger partial charge in [0.05, 0.1) is 5.69 Å². The fraction of sp³-hybridized carbons (Fsp3) is 0.417.